The molecule has 1 aromatic heterocycles. The van der Waals surface area contributed by atoms with Crippen LogP contribution in [0.15, 0.2) is 60.8 Å². The number of aromatic nitrogens is 2. The minimum absolute atomic E-state index is 0.273. The summed E-state index contributed by atoms with van der Waals surface area (Å²) in [5.41, 5.74) is 2.59. The Morgan fingerprint density at radius 2 is 1.81 bits per heavy atom. The first-order valence-corrected chi connectivity index (χ1v) is 11.2. The van der Waals surface area contributed by atoms with Gasteiger partial charge in [-0.25, -0.2) is 9.37 Å². The van der Waals surface area contributed by atoms with E-state index >= 15 is 0 Å². The zero-order valence-electron chi connectivity index (χ0n) is 17.9. The highest BCUT2D eigenvalue weighted by atomic mass is 19.1. The standard InChI is InChI=1S/C24H28FN7/c25-19-8-4-5-9-20(19)29-24-30-21-16-28-23(27-15-10-17-6-2-1-3-7-17)31-22(21)32(24)18-11-13-26-14-12-18/h1-9,16,18,24,26,29-30H,10-15H2,(H,27,28,31). The van der Waals surface area contributed by atoms with Gasteiger partial charge in [0.1, 0.15) is 5.82 Å². The molecule has 3 heterocycles. The molecule has 0 bridgehead atoms. The summed E-state index contributed by atoms with van der Waals surface area (Å²) in [5, 5.41) is 13.5. The van der Waals surface area contributed by atoms with Gasteiger partial charge < -0.3 is 26.2 Å². The van der Waals surface area contributed by atoms with Gasteiger partial charge in [0, 0.05) is 12.6 Å². The second-order valence-corrected chi connectivity index (χ2v) is 8.15. The Labute approximate surface area is 187 Å². The number of piperidine rings is 1. The molecule has 0 aliphatic carbocycles. The minimum Gasteiger partial charge on any atom is -0.354 e. The molecule has 1 atom stereocenters. The lowest BCUT2D eigenvalue weighted by molar-refractivity contribution is 0.420. The van der Waals surface area contributed by atoms with E-state index in [1.54, 1.807) is 12.1 Å². The molecule has 1 saturated heterocycles. The smallest absolute Gasteiger partial charge is 0.224 e. The maximum absolute atomic E-state index is 14.3. The van der Waals surface area contributed by atoms with Crippen LogP contribution in [0.3, 0.4) is 0 Å². The summed E-state index contributed by atoms with van der Waals surface area (Å²) in [6.07, 6.45) is 4.41. The Balaban J connectivity index is 1.35. The molecule has 166 valence electrons. The van der Waals surface area contributed by atoms with Gasteiger partial charge in [0.05, 0.1) is 17.6 Å². The van der Waals surface area contributed by atoms with Crippen molar-refractivity contribution in [3.8, 4) is 0 Å². The lowest BCUT2D eigenvalue weighted by Crippen LogP contribution is -2.51. The van der Waals surface area contributed by atoms with Crippen LogP contribution in [0.2, 0.25) is 0 Å². The monoisotopic (exact) mass is 433 g/mol. The number of halogens is 1. The van der Waals surface area contributed by atoms with Crippen LogP contribution in [0.5, 0.6) is 0 Å². The Bertz CT molecular complexity index is 1040. The fourth-order valence-corrected chi connectivity index (χ4v) is 4.36. The summed E-state index contributed by atoms with van der Waals surface area (Å²) < 4.78 is 14.3. The largest absolute Gasteiger partial charge is 0.354 e. The molecule has 0 amide bonds. The summed E-state index contributed by atoms with van der Waals surface area (Å²) >= 11 is 0. The summed E-state index contributed by atoms with van der Waals surface area (Å²) in [6.45, 7) is 2.66. The highest BCUT2D eigenvalue weighted by molar-refractivity contribution is 5.74. The summed E-state index contributed by atoms with van der Waals surface area (Å²) in [7, 11) is 0. The Hall–Kier alpha value is -3.39. The fraction of sp³-hybridized carbons (Fsp3) is 0.333. The van der Waals surface area contributed by atoms with E-state index in [9.17, 15) is 4.39 Å². The topological polar surface area (TPSA) is 77.1 Å². The van der Waals surface area contributed by atoms with E-state index in [2.05, 4.69) is 43.3 Å². The lowest BCUT2D eigenvalue weighted by atomic mass is 10.1. The van der Waals surface area contributed by atoms with Gasteiger partial charge in [0.25, 0.3) is 0 Å². The lowest BCUT2D eigenvalue weighted by Gasteiger charge is -2.37. The zero-order chi connectivity index (χ0) is 21.8. The van der Waals surface area contributed by atoms with Gasteiger partial charge in [-0.3, -0.25) is 0 Å². The van der Waals surface area contributed by atoms with Crippen LogP contribution >= 0.6 is 0 Å². The van der Waals surface area contributed by atoms with Gasteiger partial charge in [-0.15, -0.1) is 0 Å². The predicted octanol–water partition coefficient (Wildman–Crippen LogP) is 3.65. The van der Waals surface area contributed by atoms with Crippen LogP contribution in [-0.4, -0.2) is 41.9 Å². The van der Waals surface area contributed by atoms with Gasteiger partial charge in [-0.2, -0.15) is 4.98 Å². The van der Waals surface area contributed by atoms with Crippen LogP contribution in [0.1, 0.15) is 18.4 Å². The second-order valence-electron chi connectivity index (χ2n) is 8.15. The number of hydrogen-bond acceptors (Lipinski definition) is 7. The van der Waals surface area contributed by atoms with E-state index < -0.39 is 0 Å². The van der Waals surface area contributed by atoms with Crippen molar-refractivity contribution in [3.63, 3.8) is 0 Å². The number of nitrogens with one attached hydrogen (secondary N) is 4. The molecule has 5 rings (SSSR count). The summed E-state index contributed by atoms with van der Waals surface area (Å²) in [4.78, 5) is 11.6. The van der Waals surface area contributed by atoms with Gasteiger partial charge in [-0.1, -0.05) is 42.5 Å². The maximum atomic E-state index is 14.3. The molecule has 4 N–H and O–H groups in total. The van der Waals surface area contributed by atoms with Crippen molar-refractivity contribution < 1.29 is 4.39 Å². The van der Waals surface area contributed by atoms with Crippen molar-refractivity contribution in [2.45, 2.75) is 31.6 Å². The van der Waals surface area contributed by atoms with Crippen molar-refractivity contribution >= 4 is 23.1 Å². The van der Waals surface area contributed by atoms with Crippen LogP contribution in [0.25, 0.3) is 0 Å². The molecule has 1 fully saturated rings. The number of fused-ring (bicyclic) bond motifs is 1. The van der Waals surface area contributed by atoms with Crippen LogP contribution < -0.4 is 26.2 Å². The first-order valence-electron chi connectivity index (χ1n) is 11.2. The highest BCUT2D eigenvalue weighted by Gasteiger charge is 2.36. The molecule has 1 unspecified atom stereocenters. The number of benzene rings is 2. The molecule has 0 radical (unpaired) electrons. The number of hydrogen-bond donors (Lipinski definition) is 4. The molecule has 32 heavy (non-hydrogen) atoms. The van der Waals surface area contributed by atoms with E-state index in [1.807, 2.05) is 30.5 Å². The summed E-state index contributed by atoms with van der Waals surface area (Å²) in [6, 6.07) is 17.4. The second kappa shape index (κ2) is 9.40. The normalized spacial score (nSPS) is 18.2. The maximum Gasteiger partial charge on any atom is 0.224 e. The minimum atomic E-state index is -0.293. The number of anilines is 4. The third-order valence-electron chi connectivity index (χ3n) is 5.99. The molecular formula is C24H28FN7. The van der Waals surface area contributed by atoms with E-state index in [1.165, 1.54) is 11.6 Å². The van der Waals surface area contributed by atoms with Crippen molar-refractivity contribution in [3.05, 3.63) is 72.2 Å². The van der Waals surface area contributed by atoms with Gasteiger partial charge in [0.15, 0.2) is 12.1 Å². The van der Waals surface area contributed by atoms with Crippen LogP contribution in [0, 0.1) is 5.82 Å². The average Bonchev–Trinajstić information content (AvgIpc) is 3.19. The molecule has 7 nitrogen and oxygen atoms in total. The average molecular weight is 434 g/mol. The summed E-state index contributed by atoms with van der Waals surface area (Å²) in [5.74, 6) is 1.18. The van der Waals surface area contributed by atoms with Gasteiger partial charge in [0.2, 0.25) is 5.95 Å². The molecule has 2 aliphatic heterocycles. The van der Waals surface area contributed by atoms with Gasteiger partial charge >= 0.3 is 0 Å². The molecular weight excluding hydrogens is 405 g/mol. The first kappa shape index (κ1) is 20.5. The molecule has 3 aromatic rings. The third kappa shape index (κ3) is 4.45. The van der Waals surface area contributed by atoms with E-state index in [-0.39, 0.29) is 12.1 Å². The molecule has 0 saturated carbocycles. The number of nitrogens with zero attached hydrogens (tertiary/aromatic N) is 3. The van der Waals surface area contributed by atoms with E-state index in [0.717, 1.165) is 50.4 Å². The number of rotatable bonds is 7. The SMILES string of the molecule is Fc1ccccc1NC1Nc2cnc(NCCc3ccccc3)nc2N1C1CCNCC1. The Morgan fingerprint density at radius 1 is 1.03 bits per heavy atom. The Morgan fingerprint density at radius 3 is 2.62 bits per heavy atom. The fourth-order valence-electron chi connectivity index (χ4n) is 4.36. The molecule has 2 aliphatic rings. The van der Waals surface area contributed by atoms with Crippen molar-refractivity contribution in [1.82, 2.24) is 15.3 Å². The molecule has 2 aromatic carbocycles. The van der Waals surface area contributed by atoms with E-state index in [4.69, 9.17) is 4.98 Å². The highest BCUT2D eigenvalue weighted by Crippen LogP contribution is 2.36. The van der Waals surface area contributed by atoms with Gasteiger partial charge in [-0.05, 0) is 50.0 Å². The quantitative estimate of drug-likeness (QED) is 0.453. The van der Waals surface area contributed by atoms with Crippen molar-refractivity contribution in [2.24, 2.45) is 0 Å². The zero-order valence-corrected chi connectivity index (χ0v) is 17.9. The van der Waals surface area contributed by atoms with Crippen molar-refractivity contribution in [2.75, 3.05) is 40.5 Å². The molecule has 8 heteroatoms. The third-order valence-corrected chi connectivity index (χ3v) is 5.99. The first-order chi connectivity index (χ1) is 15.8. The van der Waals surface area contributed by atoms with Crippen LogP contribution in [-0.2, 0) is 6.42 Å². The van der Waals surface area contributed by atoms with Crippen molar-refractivity contribution in [1.29, 1.82) is 0 Å². The van der Waals surface area contributed by atoms with E-state index in [0.29, 0.717) is 17.7 Å². The van der Waals surface area contributed by atoms with Crippen LogP contribution in [0.4, 0.5) is 27.5 Å². The predicted molar refractivity (Wildman–Crippen MR) is 126 cm³/mol. The number of para-hydroxylation sites is 1. The molecule has 0 spiro atoms. The Kier molecular flexibility index (Phi) is 6.02.